The summed E-state index contributed by atoms with van der Waals surface area (Å²) in [6.45, 7) is 4.57. The zero-order chi connectivity index (χ0) is 15.5. The number of fused-ring (bicyclic) bond motifs is 5. The first-order valence-electron chi connectivity index (χ1n) is 9.28. The van der Waals surface area contributed by atoms with E-state index in [0.717, 1.165) is 50.4 Å². The average Bonchev–Trinajstić information content (AvgIpc) is 2.82. The Bertz CT molecular complexity index is 560. The molecule has 3 fully saturated rings. The summed E-state index contributed by atoms with van der Waals surface area (Å²) in [6, 6.07) is 0. The van der Waals surface area contributed by atoms with Crippen molar-refractivity contribution in [3.8, 4) is 0 Å². The molecule has 0 unspecified atom stereocenters. The summed E-state index contributed by atoms with van der Waals surface area (Å²) < 4.78 is 0. The molecule has 120 valence electrons. The summed E-state index contributed by atoms with van der Waals surface area (Å²) in [5, 5.41) is 0. The number of carbonyl (C=O) groups is 2. The molecule has 3 saturated carbocycles. The average molecular weight is 300 g/mol. The maximum atomic E-state index is 12.4. The summed E-state index contributed by atoms with van der Waals surface area (Å²) in [5.74, 6) is 2.92. The second kappa shape index (κ2) is 4.79. The van der Waals surface area contributed by atoms with Crippen molar-refractivity contribution in [1.29, 1.82) is 0 Å². The number of allylic oxidation sites excluding steroid dienone is 1. The molecular formula is C20H28O2. The van der Waals surface area contributed by atoms with E-state index in [2.05, 4.69) is 13.8 Å². The Hall–Kier alpha value is -0.920. The molecule has 0 saturated heterocycles. The molecule has 0 aromatic heterocycles. The van der Waals surface area contributed by atoms with E-state index >= 15 is 0 Å². The predicted molar refractivity (Wildman–Crippen MR) is 86.3 cm³/mol. The Balaban J connectivity index is 1.73. The van der Waals surface area contributed by atoms with E-state index in [1.54, 1.807) is 0 Å². The SMILES string of the molecule is CC[C@]12CCC(=O)C=C1CC[C@@H]1[C@@H]2CC[C@]2(C)C(=O)CC[C@@H]12. The fourth-order valence-electron chi connectivity index (χ4n) is 6.80. The lowest BCUT2D eigenvalue weighted by atomic mass is 9.46. The standard InChI is InChI=1S/C20H28O2/c1-3-20-11-8-14(21)12-13(20)4-5-15-16-6-7-18(22)19(16,2)10-9-17(15)20/h12,15-17H,3-11H2,1-2H3/t15-,16-,17-,19-,20-/m0/s1. The van der Waals surface area contributed by atoms with Crippen molar-refractivity contribution in [1.82, 2.24) is 0 Å². The van der Waals surface area contributed by atoms with Crippen LogP contribution in [0.2, 0.25) is 0 Å². The van der Waals surface area contributed by atoms with Crippen molar-refractivity contribution in [2.45, 2.75) is 71.6 Å². The summed E-state index contributed by atoms with van der Waals surface area (Å²) in [7, 11) is 0. The van der Waals surface area contributed by atoms with Gasteiger partial charge in [0.25, 0.3) is 0 Å². The van der Waals surface area contributed by atoms with Gasteiger partial charge >= 0.3 is 0 Å². The maximum Gasteiger partial charge on any atom is 0.155 e. The van der Waals surface area contributed by atoms with Gasteiger partial charge in [-0.1, -0.05) is 19.4 Å². The molecule has 0 amide bonds. The van der Waals surface area contributed by atoms with Crippen molar-refractivity contribution in [2.75, 3.05) is 0 Å². The lowest BCUT2D eigenvalue weighted by Gasteiger charge is -2.58. The minimum atomic E-state index is -0.0260. The Morgan fingerprint density at radius 3 is 2.64 bits per heavy atom. The second-order valence-corrected chi connectivity index (χ2v) is 8.48. The highest BCUT2D eigenvalue weighted by molar-refractivity contribution is 5.91. The Morgan fingerprint density at radius 2 is 1.86 bits per heavy atom. The van der Waals surface area contributed by atoms with Crippen LogP contribution in [0.4, 0.5) is 0 Å². The Morgan fingerprint density at radius 1 is 1.05 bits per heavy atom. The molecule has 2 nitrogen and oxygen atoms in total. The third kappa shape index (κ3) is 1.73. The van der Waals surface area contributed by atoms with Crippen LogP contribution in [-0.2, 0) is 9.59 Å². The van der Waals surface area contributed by atoms with Crippen LogP contribution in [0.3, 0.4) is 0 Å². The number of ketones is 2. The van der Waals surface area contributed by atoms with E-state index in [-0.39, 0.29) is 10.8 Å². The summed E-state index contributed by atoms with van der Waals surface area (Å²) >= 11 is 0. The number of rotatable bonds is 1. The molecule has 4 rings (SSSR count). The van der Waals surface area contributed by atoms with Crippen molar-refractivity contribution < 1.29 is 9.59 Å². The lowest BCUT2D eigenvalue weighted by Crippen LogP contribution is -2.51. The Kier molecular flexibility index (Phi) is 3.19. The van der Waals surface area contributed by atoms with Crippen LogP contribution in [-0.4, -0.2) is 11.6 Å². The highest BCUT2D eigenvalue weighted by Crippen LogP contribution is 2.65. The van der Waals surface area contributed by atoms with Gasteiger partial charge in [-0.3, -0.25) is 9.59 Å². The topological polar surface area (TPSA) is 34.1 Å². The van der Waals surface area contributed by atoms with Gasteiger partial charge in [-0.25, -0.2) is 0 Å². The fourth-order valence-corrected chi connectivity index (χ4v) is 6.80. The van der Waals surface area contributed by atoms with Crippen LogP contribution in [0.15, 0.2) is 11.6 Å². The molecule has 4 aliphatic carbocycles. The van der Waals surface area contributed by atoms with Gasteiger partial charge in [0.05, 0.1) is 0 Å². The highest BCUT2D eigenvalue weighted by atomic mass is 16.1. The molecule has 4 aliphatic rings. The van der Waals surface area contributed by atoms with Crippen LogP contribution in [0, 0.1) is 28.6 Å². The molecule has 0 aromatic carbocycles. The van der Waals surface area contributed by atoms with Crippen molar-refractivity contribution in [3.63, 3.8) is 0 Å². The van der Waals surface area contributed by atoms with Gasteiger partial charge in [0.15, 0.2) is 5.78 Å². The molecule has 0 bridgehead atoms. The molecule has 0 radical (unpaired) electrons. The second-order valence-electron chi connectivity index (χ2n) is 8.48. The van der Waals surface area contributed by atoms with E-state index in [4.69, 9.17) is 0 Å². The Labute approximate surface area is 133 Å². The zero-order valence-electron chi connectivity index (χ0n) is 14.0. The smallest absolute Gasteiger partial charge is 0.155 e. The normalized spacial score (nSPS) is 47.5. The third-order valence-corrected chi connectivity index (χ3v) is 8.03. The van der Waals surface area contributed by atoms with E-state index in [1.165, 1.54) is 24.8 Å². The molecule has 0 aromatic rings. The van der Waals surface area contributed by atoms with Crippen LogP contribution in [0.25, 0.3) is 0 Å². The molecule has 5 atom stereocenters. The first-order chi connectivity index (χ1) is 10.5. The van der Waals surface area contributed by atoms with Gasteiger partial charge in [-0.2, -0.15) is 0 Å². The fraction of sp³-hybridized carbons (Fsp3) is 0.800. The number of hydrogen-bond acceptors (Lipinski definition) is 2. The first kappa shape index (κ1) is 14.7. The molecule has 0 N–H and O–H groups in total. The number of Topliss-reactive ketones (excluding diaryl/α,β-unsaturated/α-hetero) is 1. The summed E-state index contributed by atoms with van der Waals surface area (Å²) in [6.07, 6.45) is 11.5. The van der Waals surface area contributed by atoms with Crippen molar-refractivity contribution in [3.05, 3.63) is 11.6 Å². The predicted octanol–water partition coefficient (Wildman–Crippen LogP) is 4.48. The largest absolute Gasteiger partial charge is 0.299 e. The van der Waals surface area contributed by atoms with Crippen LogP contribution in [0.1, 0.15) is 71.6 Å². The van der Waals surface area contributed by atoms with Gasteiger partial charge in [0, 0.05) is 18.3 Å². The first-order valence-corrected chi connectivity index (χ1v) is 9.28. The summed E-state index contributed by atoms with van der Waals surface area (Å²) in [5.41, 5.74) is 1.71. The molecular weight excluding hydrogens is 272 g/mol. The molecule has 22 heavy (non-hydrogen) atoms. The van der Waals surface area contributed by atoms with E-state index in [9.17, 15) is 9.59 Å². The minimum Gasteiger partial charge on any atom is -0.299 e. The van der Waals surface area contributed by atoms with Crippen molar-refractivity contribution in [2.24, 2.45) is 28.6 Å². The quantitative estimate of drug-likeness (QED) is 0.715. The van der Waals surface area contributed by atoms with Crippen LogP contribution in [0.5, 0.6) is 0 Å². The molecule has 0 heterocycles. The van der Waals surface area contributed by atoms with Crippen LogP contribution >= 0.6 is 0 Å². The molecule has 0 aliphatic heterocycles. The van der Waals surface area contributed by atoms with Crippen molar-refractivity contribution >= 4 is 11.6 Å². The summed E-state index contributed by atoms with van der Waals surface area (Å²) in [4.78, 5) is 24.3. The van der Waals surface area contributed by atoms with Gasteiger partial charge < -0.3 is 0 Å². The number of hydrogen-bond donors (Lipinski definition) is 0. The minimum absolute atomic E-state index is 0.0260. The highest BCUT2D eigenvalue weighted by Gasteiger charge is 2.59. The van der Waals surface area contributed by atoms with Crippen LogP contribution < -0.4 is 0 Å². The zero-order valence-corrected chi connectivity index (χ0v) is 14.0. The maximum absolute atomic E-state index is 12.4. The van der Waals surface area contributed by atoms with E-state index in [0.29, 0.717) is 17.5 Å². The third-order valence-electron chi connectivity index (χ3n) is 8.03. The monoisotopic (exact) mass is 300 g/mol. The number of carbonyl (C=O) groups excluding carboxylic acids is 2. The van der Waals surface area contributed by atoms with Gasteiger partial charge in [-0.15, -0.1) is 0 Å². The van der Waals surface area contributed by atoms with Gasteiger partial charge in [-0.05, 0) is 74.2 Å². The van der Waals surface area contributed by atoms with Gasteiger partial charge in [0.1, 0.15) is 5.78 Å². The van der Waals surface area contributed by atoms with E-state index < -0.39 is 0 Å². The molecule has 2 heteroatoms. The van der Waals surface area contributed by atoms with Gasteiger partial charge in [0.2, 0.25) is 0 Å². The molecule has 0 spiro atoms. The van der Waals surface area contributed by atoms with E-state index in [1.807, 2.05) is 6.08 Å². The lowest BCUT2D eigenvalue weighted by molar-refractivity contribution is -0.133.